The van der Waals surface area contributed by atoms with Gasteiger partial charge in [0.2, 0.25) is 0 Å². The second-order valence-corrected chi connectivity index (χ2v) is 11.0. The van der Waals surface area contributed by atoms with Gasteiger partial charge >= 0.3 is 29.6 Å². The van der Waals surface area contributed by atoms with Gasteiger partial charge in [-0.25, -0.2) is 8.42 Å². The van der Waals surface area contributed by atoms with Gasteiger partial charge in [-0.1, -0.05) is 6.07 Å². The molecule has 5 rings (SSSR count). The van der Waals surface area contributed by atoms with E-state index in [0.29, 0.717) is 43.1 Å². The number of amides is 2. The minimum absolute atomic E-state index is 0. The van der Waals surface area contributed by atoms with Crippen LogP contribution in [0.1, 0.15) is 59.3 Å². The largest absolute Gasteiger partial charge is 1.00 e. The summed E-state index contributed by atoms with van der Waals surface area (Å²) in [7, 11) is -2.54. The van der Waals surface area contributed by atoms with Gasteiger partial charge in [0, 0.05) is 26.3 Å². The molecule has 2 aliphatic carbocycles. The van der Waals surface area contributed by atoms with Crippen molar-refractivity contribution < 1.29 is 47.5 Å². The van der Waals surface area contributed by atoms with Gasteiger partial charge in [0.25, 0.3) is 10.2 Å². The molecular weight excluding hydrogens is 477 g/mol. The maximum absolute atomic E-state index is 13.6. The number of carbonyl (C=O) groups is 1. The maximum atomic E-state index is 13.6. The molecule has 9 nitrogen and oxygen atoms in total. The van der Waals surface area contributed by atoms with E-state index in [1.807, 2.05) is 6.92 Å². The Labute approximate surface area is 229 Å². The molecule has 11 heteroatoms. The molecule has 1 aromatic heterocycles. The zero-order valence-corrected chi connectivity index (χ0v) is 23.9. The summed E-state index contributed by atoms with van der Waals surface area (Å²) in [4.78, 5) is 13.1. The zero-order chi connectivity index (χ0) is 24.0. The van der Waals surface area contributed by atoms with Crippen LogP contribution in [0.3, 0.4) is 0 Å². The first-order chi connectivity index (χ1) is 16.3. The topological polar surface area (TPSA) is 108 Å². The van der Waals surface area contributed by atoms with Crippen molar-refractivity contribution in [2.45, 2.75) is 71.3 Å². The number of urea groups is 1. The van der Waals surface area contributed by atoms with Crippen molar-refractivity contribution in [1.82, 2.24) is 9.78 Å². The van der Waals surface area contributed by atoms with E-state index >= 15 is 0 Å². The van der Waals surface area contributed by atoms with E-state index in [0.717, 1.165) is 55.3 Å². The number of ether oxygens (including phenoxy) is 1. The third-order valence-corrected chi connectivity index (χ3v) is 8.74. The first-order valence-electron chi connectivity index (χ1n) is 12.1. The van der Waals surface area contributed by atoms with Crippen LogP contribution in [0.4, 0.5) is 16.2 Å². The van der Waals surface area contributed by atoms with E-state index in [1.165, 1.54) is 15.4 Å². The Morgan fingerprint density at radius 3 is 2.26 bits per heavy atom. The summed E-state index contributed by atoms with van der Waals surface area (Å²) in [6.45, 7) is 4.53. The molecule has 3 aliphatic rings. The number of hydrogen-bond acceptors (Lipinski definition) is 5. The third-order valence-electron chi connectivity index (χ3n) is 7.37. The molecule has 0 atom stereocenters. The molecule has 2 heterocycles. The Kier molecular flexibility index (Phi) is 7.88. The normalized spacial score (nSPS) is 17.5. The summed E-state index contributed by atoms with van der Waals surface area (Å²) in [6, 6.07) is 1.09. The number of aromatic nitrogens is 2. The number of nitrogens with zero attached hydrogens (tertiary/aromatic N) is 4. The Hall–Kier alpha value is -1.59. The number of benzene rings is 1. The minimum Gasteiger partial charge on any atom is -0.423 e. The van der Waals surface area contributed by atoms with Crippen LogP contribution in [0.2, 0.25) is 0 Å². The number of carbonyl (C=O) groups excluding carboxylic acids is 1. The number of nitrogens with one attached hydrogen (secondary N) is 1. The first-order valence-corrected chi connectivity index (χ1v) is 13.5. The van der Waals surface area contributed by atoms with Crippen molar-refractivity contribution in [3.8, 4) is 0 Å². The molecule has 184 valence electrons. The second-order valence-electron chi connectivity index (χ2n) is 9.52. The predicted molar refractivity (Wildman–Crippen MR) is 131 cm³/mol. The van der Waals surface area contributed by atoms with Gasteiger partial charge in [0.1, 0.15) is 0 Å². The molecule has 0 bridgehead atoms. The summed E-state index contributed by atoms with van der Waals surface area (Å²) < 4.78 is 39.4. The number of fused-ring (bicyclic) bond motifs is 2. The number of aryl methyl sites for hydroxylation is 4. The molecule has 1 N–H and O–H groups in total. The van der Waals surface area contributed by atoms with Crippen molar-refractivity contribution in [3.05, 3.63) is 44.4 Å². The van der Waals surface area contributed by atoms with Gasteiger partial charge in [-0.15, -0.1) is 0 Å². The number of hydrogen-bond donors (Lipinski definition) is 1. The fraction of sp³-hybridized carbons (Fsp3) is 0.583. The van der Waals surface area contributed by atoms with E-state index < -0.39 is 16.2 Å². The van der Waals surface area contributed by atoms with Gasteiger partial charge in [-0.05, 0) is 93.2 Å². The van der Waals surface area contributed by atoms with Gasteiger partial charge in [0.15, 0.2) is 6.03 Å². The fourth-order valence-electron chi connectivity index (χ4n) is 5.73. The molecule has 1 fully saturated rings. The van der Waals surface area contributed by atoms with Gasteiger partial charge in [0.05, 0.1) is 17.1 Å². The van der Waals surface area contributed by atoms with Crippen LogP contribution >= 0.6 is 0 Å². The van der Waals surface area contributed by atoms with Crippen molar-refractivity contribution in [3.63, 3.8) is 0 Å². The van der Waals surface area contributed by atoms with Crippen LogP contribution < -0.4 is 39.2 Å². The van der Waals surface area contributed by atoms with Crippen LogP contribution in [0.25, 0.3) is 4.72 Å². The van der Waals surface area contributed by atoms with Gasteiger partial charge < -0.3 is 14.8 Å². The molecule has 0 saturated carbocycles. The summed E-state index contributed by atoms with van der Waals surface area (Å²) in [5.74, 6) is 0. The molecule has 1 aliphatic heterocycles. The molecule has 35 heavy (non-hydrogen) atoms. The van der Waals surface area contributed by atoms with E-state index in [9.17, 15) is 13.2 Å². The van der Waals surface area contributed by atoms with E-state index in [-0.39, 0.29) is 35.6 Å². The number of anilines is 2. The van der Waals surface area contributed by atoms with Crippen LogP contribution in [0, 0.1) is 13.8 Å². The van der Waals surface area contributed by atoms with E-state index in [2.05, 4.69) is 21.2 Å². The zero-order valence-electron chi connectivity index (χ0n) is 21.1. The molecule has 0 spiro atoms. The van der Waals surface area contributed by atoms with E-state index in [1.54, 1.807) is 18.7 Å². The maximum Gasteiger partial charge on any atom is 1.00 e. The fourth-order valence-corrected chi connectivity index (χ4v) is 7.16. The molecule has 2 aromatic rings. The van der Waals surface area contributed by atoms with Crippen LogP contribution in [-0.4, -0.2) is 43.5 Å². The van der Waals surface area contributed by atoms with Crippen molar-refractivity contribution in [1.29, 1.82) is 0 Å². The summed E-state index contributed by atoms with van der Waals surface area (Å²) >= 11 is 0. The molecule has 2 amide bonds. The van der Waals surface area contributed by atoms with Crippen molar-refractivity contribution in [2.24, 2.45) is 7.05 Å². The predicted octanol–water partition coefficient (Wildman–Crippen LogP) is 0.854. The third kappa shape index (κ3) is 5.00. The van der Waals surface area contributed by atoms with Crippen LogP contribution in [0.15, 0.2) is 6.07 Å². The quantitative estimate of drug-likeness (QED) is 0.602. The smallest absolute Gasteiger partial charge is 0.423 e. The molecule has 0 radical (unpaired) electrons. The number of rotatable bonds is 5. The van der Waals surface area contributed by atoms with Gasteiger partial charge in [-0.3, -0.25) is 13.8 Å². The summed E-state index contributed by atoms with van der Waals surface area (Å²) in [6.07, 6.45) is 6.95. The summed E-state index contributed by atoms with van der Waals surface area (Å²) in [5, 5.41) is 7.29. The van der Waals surface area contributed by atoms with Crippen molar-refractivity contribution >= 4 is 27.6 Å². The van der Waals surface area contributed by atoms with Gasteiger partial charge in [-0.2, -0.15) is 5.10 Å². The Morgan fingerprint density at radius 2 is 1.71 bits per heavy atom. The molecular formula is C24H32N5NaO4S. The SMILES string of the molecule is Cc1nn(C)c(C)c1N(C1CCOCC1)S(=O)(=O)[N-]C(=O)Nc1c2c(cc3c1CCC3)CCC2.[Na+]. The first kappa shape index (κ1) is 26.5. The monoisotopic (exact) mass is 509 g/mol. The standard InChI is InChI=1S/C24H33N5O4S.Na/c1-15-23(16(2)28(3)26-15)29(19-10-12-33-13-11-19)34(31,32)27-24(30)25-22-20-8-4-6-17(20)14-18-7-5-9-21(18)22;/h14,19H,4-13H2,1-3H3,(H2,25,27,30);/q;+1/p-1. The molecule has 0 unspecified atom stereocenters. The summed E-state index contributed by atoms with van der Waals surface area (Å²) in [5.41, 5.74) is 7.40. The molecule has 1 aromatic carbocycles. The average molecular weight is 510 g/mol. The van der Waals surface area contributed by atoms with Crippen LogP contribution in [0.5, 0.6) is 0 Å². The van der Waals surface area contributed by atoms with Crippen molar-refractivity contribution in [2.75, 3.05) is 22.8 Å². The average Bonchev–Trinajstić information content (AvgIpc) is 3.50. The second kappa shape index (κ2) is 10.4. The molecule has 1 saturated heterocycles. The van der Waals surface area contributed by atoms with Crippen LogP contribution in [-0.2, 0) is 47.7 Å². The minimum atomic E-state index is -4.32. The van der Waals surface area contributed by atoms with E-state index in [4.69, 9.17) is 4.74 Å². The Balaban J connectivity index is 0.00000289. The Bertz CT molecular complexity index is 1210. The Morgan fingerprint density at radius 1 is 1.11 bits per heavy atom.